The molecule has 0 unspecified atom stereocenters. The molecule has 2 aromatic rings. The van der Waals surface area contributed by atoms with Crippen LogP contribution >= 0.6 is 0 Å². The Kier molecular flexibility index (Phi) is 3.35. The molecule has 1 N–H and O–H groups in total. The Morgan fingerprint density at radius 1 is 1.53 bits per heavy atom. The molecule has 1 aliphatic rings. The van der Waals surface area contributed by atoms with E-state index in [-0.39, 0.29) is 12.1 Å². The molecule has 2 atom stereocenters. The van der Waals surface area contributed by atoms with E-state index in [9.17, 15) is 0 Å². The van der Waals surface area contributed by atoms with Gasteiger partial charge in [0.2, 0.25) is 0 Å². The molecule has 0 amide bonds. The zero-order chi connectivity index (χ0) is 13.2. The van der Waals surface area contributed by atoms with Crippen molar-refractivity contribution in [3.63, 3.8) is 0 Å². The predicted molar refractivity (Wildman–Crippen MR) is 68.4 cm³/mol. The van der Waals surface area contributed by atoms with Gasteiger partial charge in [0.1, 0.15) is 11.9 Å². The number of rotatable bonds is 4. The standard InChI is InChI=1S/C13H18N4O2/c1-9-11(8-17(2)16-9)13-12(4-6-18-13)14-7-10-3-5-15-19-10/h3,5,8,12-14H,4,6-7H2,1-2H3/t12-,13+/m0/s1. The van der Waals surface area contributed by atoms with Crippen LogP contribution in [0.1, 0.15) is 29.5 Å². The lowest BCUT2D eigenvalue weighted by Gasteiger charge is -2.18. The van der Waals surface area contributed by atoms with E-state index in [1.807, 2.05) is 30.9 Å². The predicted octanol–water partition coefficient (Wildman–Crippen LogP) is 1.34. The number of hydrogen-bond donors (Lipinski definition) is 1. The number of aryl methyl sites for hydroxylation is 2. The molecule has 2 aromatic heterocycles. The molecule has 0 bridgehead atoms. The van der Waals surface area contributed by atoms with Crippen molar-refractivity contribution >= 4 is 0 Å². The van der Waals surface area contributed by atoms with E-state index in [2.05, 4.69) is 15.6 Å². The molecule has 0 spiro atoms. The van der Waals surface area contributed by atoms with Gasteiger partial charge in [-0.25, -0.2) is 0 Å². The second-order valence-corrected chi connectivity index (χ2v) is 4.89. The minimum atomic E-state index is 0.0663. The van der Waals surface area contributed by atoms with Crippen molar-refractivity contribution in [3.8, 4) is 0 Å². The Balaban J connectivity index is 1.69. The molecule has 6 nitrogen and oxygen atoms in total. The van der Waals surface area contributed by atoms with E-state index in [1.54, 1.807) is 6.20 Å². The summed E-state index contributed by atoms with van der Waals surface area (Å²) in [5.41, 5.74) is 2.19. The van der Waals surface area contributed by atoms with Crippen LogP contribution in [0.4, 0.5) is 0 Å². The highest BCUT2D eigenvalue weighted by molar-refractivity contribution is 5.21. The normalized spacial score (nSPS) is 23.1. The lowest BCUT2D eigenvalue weighted by atomic mass is 10.0. The third kappa shape index (κ3) is 2.54. The summed E-state index contributed by atoms with van der Waals surface area (Å²) in [5.74, 6) is 0.841. The molecule has 3 heterocycles. The Morgan fingerprint density at radius 2 is 2.42 bits per heavy atom. The molecule has 0 radical (unpaired) electrons. The molecule has 6 heteroatoms. The molecule has 0 aromatic carbocycles. The van der Waals surface area contributed by atoms with Crippen molar-refractivity contribution < 1.29 is 9.26 Å². The van der Waals surface area contributed by atoms with Crippen LogP contribution in [0.25, 0.3) is 0 Å². The van der Waals surface area contributed by atoms with E-state index >= 15 is 0 Å². The number of ether oxygens (including phenoxy) is 1. The van der Waals surface area contributed by atoms with Crippen LogP contribution in [0.3, 0.4) is 0 Å². The van der Waals surface area contributed by atoms with Gasteiger partial charge in [0.25, 0.3) is 0 Å². The molecule has 1 fully saturated rings. The quantitative estimate of drug-likeness (QED) is 0.900. The van der Waals surface area contributed by atoms with E-state index < -0.39 is 0 Å². The van der Waals surface area contributed by atoms with Crippen molar-refractivity contribution in [2.75, 3.05) is 6.61 Å². The highest BCUT2D eigenvalue weighted by Gasteiger charge is 2.31. The van der Waals surface area contributed by atoms with Crippen molar-refractivity contribution in [2.45, 2.75) is 32.0 Å². The first-order valence-electron chi connectivity index (χ1n) is 6.49. The monoisotopic (exact) mass is 262 g/mol. The maximum absolute atomic E-state index is 5.85. The first-order chi connectivity index (χ1) is 9.24. The zero-order valence-electron chi connectivity index (χ0n) is 11.2. The number of nitrogens with one attached hydrogen (secondary N) is 1. The van der Waals surface area contributed by atoms with Gasteiger partial charge in [-0.3, -0.25) is 4.68 Å². The fourth-order valence-corrected chi connectivity index (χ4v) is 2.57. The van der Waals surface area contributed by atoms with Crippen LogP contribution in [0, 0.1) is 6.92 Å². The average molecular weight is 262 g/mol. The first kappa shape index (κ1) is 12.4. The van der Waals surface area contributed by atoms with Crippen LogP contribution in [0.2, 0.25) is 0 Å². The largest absolute Gasteiger partial charge is 0.372 e. The van der Waals surface area contributed by atoms with Gasteiger partial charge in [0.05, 0.1) is 18.4 Å². The van der Waals surface area contributed by atoms with Crippen LogP contribution in [-0.4, -0.2) is 27.6 Å². The number of nitrogens with zero attached hydrogens (tertiary/aromatic N) is 3. The van der Waals surface area contributed by atoms with E-state index in [1.165, 1.54) is 0 Å². The van der Waals surface area contributed by atoms with Gasteiger partial charge in [-0.1, -0.05) is 5.16 Å². The van der Waals surface area contributed by atoms with Crippen LogP contribution in [-0.2, 0) is 18.3 Å². The summed E-state index contributed by atoms with van der Waals surface area (Å²) in [5, 5.41) is 11.6. The van der Waals surface area contributed by atoms with Crippen molar-refractivity contribution in [1.29, 1.82) is 0 Å². The van der Waals surface area contributed by atoms with Gasteiger partial charge >= 0.3 is 0 Å². The van der Waals surface area contributed by atoms with Gasteiger partial charge in [0.15, 0.2) is 0 Å². The second kappa shape index (κ2) is 5.14. The molecular formula is C13H18N4O2. The van der Waals surface area contributed by atoms with Gasteiger partial charge in [-0.2, -0.15) is 5.10 Å². The molecule has 1 aliphatic heterocycles. The third-order valence-corrected chi connectivity index (χ3v) is 3.48. The Bertz CT molecular complexity index is 535. The Labute approximate surface area is 111 Å². The highest BCUT2D eigenvalue weighted by Crippen LogP contribution is 2.30. The summed E-state index contributed by atoms with van der Waals surface area (Å²) < 4.78 is 12.8. The topological polar surface area (TPSA) is 65.1 Å². The molecular weight excluding hydrogens is 244 g/mol. The lowest BCUT2D eigenvalue weighted by Crippen LogP contribution is -2.31. The summed E-state index contributed by atoms with van der Waals surface area (Å²) in [6.45, 7) is 3.46. The average Bonchev–Trinajstić information content (AvgIpc) is 3.07. The fraction of sp³-hybridized carbons (Fsp3) is 0.538. The highest BCUT2D eigenvalue weighted by atomic mass is 16.5. The van der Waals surface area contributed by atoms with Crippen molar-refractivity contribution in [2.24, 2.45) is 7.05 Å². The Morgan fingerprint density at radius 3 is 3.11 bits per heavy atom. The van der Waals surface area contributed by atoms with Crippen LogP contribution in [0.5, 0.6) is 0 Å². The summed E-state index contributed by atoms with van der Waals surface area (Å²) in [6.07, 6.45) is 4.75. The SMILES string of the molecule is Cc1nn(C)cc1[C@H]1OCC[C@@H]1NCc1ccno1. The molecule has 0 saturated carbocycles. The van der Waals surface area contributed by atoms with Gasteiger partial charge in [-0.15, -0.1) is 0 Å². The summed E-state index contributed by atoms with van der Waals surface area (Å²) in [6, 6.07) is 2.15. The first-order valence-corrected chi connectivity index (χ1v) is 6.49. The maximum Gasteiger partial charge on any atom is 0.150 e. The Hall–Kier alpha value is -1.66. The smallest absolute Gasteiger partial charge is 0.150 e. The minimum absolute atomic E-state index is 0.0663. The summed E-state index contributed by atoms with van der Waals surface area (Å²) in [7, 11) is 1.93. The van der Waals surface area contributed by atoms with Gasteiger partial charge in [-0.05, 0) is 13.3 Å². The summed E-state index contributed by atoms with van der Waals surface area (Å²) in [4.78, 5) is 0. The van der Waals surface area contributed by atoms with E-state index in [0.717, 1.165) is 30.0 Å². The van der Waals surface area contributed by atoms with Gasteiger partial charge in [0, 0.05) is 37.5 Å². The fourth-order valence-electron chi connectivity index (χ4n) is 2.57. The summed E-state index contributed by atoms with van der Waals surface area (Å²) >= 11 is 0. The molecule has 102 valence electrons. The molecule has 1 saturated heterocycles. The van der Waals surface area contributed by atoms with Crippen LogP contribution in [0.15, 0.2) is 23.0 Å². The van der Waals surface area contributed by atoms with Crippen LogP contribution < -0.4 is 5.32 Å². The number of hydrogen-bond acceptors (Lipinski definition) is 5. The van der Waals surface area contributed by atoms with Crippen molar-refractivity contribution in [3.05, 3.63) is 35.5 Å². The van der Waals surface area contributed by atoms with Gasteiger partial charge < -0.3 is 14.6 Å². The third-order valence-electron chi connectivity index (χ3n) is 3.48. The zero-order valence-corrected chi connectivity index (χ0v) is 11.2. The lowest BCUT2D eigenvalue weighted by molar-refractivity contribution is 0.0974. The minimum Gasteiger partial charge on any atom is -0.372 e. The maximum atomic E-state index is 5.85. The van der Waals surface area contributed by atoms with E-state index in [4.69, 9.17) is 9.26 Å². The molecule has 3 rings (SSSR count). The van der Waals surface area contributed by atoms with Crippen molar-refractivity contribution in [1.82, 2.24) is 20.3 Å². The molecule has 0 aliphatic carbocycles. The number of aromatic nitrogens is 3. The van der Waals surface area contributed by atoms with E-state index in [0.29, 0.717) is 6.54 Å². The second-order valence-electron chi connectivity index (χ2n) is 4.89. The molecule has 19 heavy (non-hydrogen) atoms.